The van der Waals surface area contributed by atoms with Crippen LogP contribution in [0.3, 0.4) is 0 Å². The number of hydrogen-bond acceptors (Lipinski definition) is 5. The van der Waals surface area contributed by atoms with Crippen LogP contribution in [0.1, 0.15) is 40.0 Å². The molecule has 0 radical (unpaired) electrons. The molecule has 0 aromatic carbocycles. The minimum absolute atomic E-state index is 0.0369. The lowest BCUT2D eigenvalue weighted by Gasteiger charge is -2.20. The van der Waals surface area contributed by atoms with Crippen LogP contribution in [0.25, 0.3) is 0 Å². The minimum atomic E-state index is -0.671. The molecular formula is C15H18O5. The Morgan fingerprint density at radius 1 is 1.25 bits per heavy atom. The van der Waals surface area contributed by atoms with Crippen LogP contribution in [0.5, 0.6) is 0 Å². The van der Waals surface area contributed by atoms with Gasteiger partial charge in [0.2, 0.25) is 0 Å². The largest absolute Gasteiger partial charge is 0.457 e. The maximum absolute atomic E-state index is 11.9. The molecule has 0 aromatic heterocycles. The van der Waals surface area contributed by atoms with E-state index in [0.29, 0.717) is 24.0 Å². The summed E-state index contributed by atoms with van der Waals surface area (Å²) in [5.74, 6) is -1.36. The summed E-state index contributed by atoms with van der Waals surface area (Å²) in [5.41, 5.74) is 0.732. The first kappa shape index (κ1) is 14.6. The molecule has 1 saturated heterocycles. The van der Waals surface area contributed by atoms with E-state index in [1.807, 2.05) is 0 Å². The van der Waals surface area contributed by atoms with Crippen LogP contribution in [0.4, 0.5) is 0 Å². The third-order valence-corrected chi connectivity index (χ3v) is 4.20. The van der Waals surface area contributed by atoms with Crippen molar-refractivity contribution in [2.75, 3.05) is 0 Å². The van der Waals surface area contributed by atoms with Gasteiger partial charge in [-0.3, -0.25) is 14.4 Å². The van der Waals surface area contributed by atoms with Gasteiger partial charge in [0.1, 0.15) is 11.9 Å². The fourth-order valence-electron chi connectivity index (χ4n) is 2.91. The standard InChI is InChI=1S/C15H18O5/c1-7(16)4-5-10-8(2)15(19)20-14(10)13-9(3)11(17)6-12(13)18/h8,10,14H,4-6H2,1-3H3/t8-,10-,14-/m0/s1. The molecule has 0 spiro atoms. The highest BCUT2D eigenvalue weighted by molar-refractivity contribution is 6.22. The highest BCUT2D eigenvalue weighted by Crippen LogP contribution is 2.39. The quantitative estimate of drug-likeness (QED) is 0.573. The first-order valence-electron chi connectivity index (χ1n) is 6.80. The van der Waals surface area contributed by atoms with Crippen molar-refractivity contribution in [1.82, 2.24) is 0 Å². The van der Waals surface area contributed by atoms with Crippen molar-refractivity contribution in [3.05, 3.63) is 11.1 Å². The molecule has 3 atom stereocenters. The maximum Gasteiger partial charge on any atom is 0.309 e. The molecule has 5 nitrogen and oxygen atoms in total. The van der Waals surface area contributed by atoms with Crippen LogP contribution in [0, 0.1) is 11.8 Å². The molecule has 0 bridgehead atoms. The molecule has 20 heavy (non-hydrogen) atoms. The summed E-state index contributed by atoms with van der Waals surface area (Å²) in [6, 6.07) is 0. The SMILES string of the molecule is CC(=O)CC[C@H]1[C@H](C)C(=O)O[C@@H]1C1=C(C)C(=O)CC1=O. The van der Waals surface area contributed by atoms with Crippen molar-refractivity contribution >= 4 is 23.3 Å². The number of esters is 1. The van der Waals surface area contributed by atoms with Gasteiger partial charge in [-0.1, -0.05) is 6.92 Å². The number of ether oxygens (including phenoxy) is 1. The fraction of sp³-hybridized carbons (Fsp3) is 0.600. The third-order valence-electron chi connectivity index (χ3n) is 4.20. The number of rotatable bonds is 4. The first-order valence-corrected chi connectivity index (χ1v) is 6.80. The second kappa shape index (κ2) is 5.31. The number of allylic oxidation sites excluding steroid dienone is 1. The van der Waals surface area contributed by atoms with Crippen molar-refractivity contribution in [3.63, 3.8) is 0 Å². The van der Waals surface area contributed by atoms with Gasteiger partial charge in [0.25, 0.3) is 0 Å². The molecule has 108 valence electrons. The maximum atomic E-state index is 11.9. The zero-order valence-electron chi connectivity index (χ0n) is 11.9. The van der Waals surface area contributed by atoms with Gasteiger partial charge in [-0.15, -0.1) is 0 Å². The predicted molar refractivity (Wildman–Crippen MR) is 69.8 cm³/mol. The predicted octanol–water partition coefficient (Wildman–Crippen LogP) is 1.39. The first-order chi connectivity index (χ1) is 9.32. The number of Topliss-reactive ketones (excluding diaryl/α,β-unsaturated/α-hetero) is 3. The molecule has 0 aromatic rings. The van der Waals surface area contributed by atoms with Crippen molar-refractivity contribution in [2.45, 2.75) is 46.1 Å². The Morgan fingerprint density at radius 2 is 1.90 bits per heavy atom. The molecular weight excluding hydrogens is 260 g/mol. The van der Waals surface area contributed by atoms with Gasteiger partial charge in [0.05, 0.1) is 12.3 Å². The Morgan fingerprint density at radius 3 is 2.40 bits per heavy atom. The number of cyclic esters (lactones) is 1. The van der Waals surface area contributed by atoms with Gasteiger partial charge in [-0.25, -0.2) is 0 Å². The molecule has 0 unspecified atom stereocenters. The molecule has 1 aliphatic carbocycles. The Bertz CT molecular complexity index is 528. The summed E-state index contributed by atoms with van der Waals surface area (Å²) < 4.78 is 5.31. The third kappa shape index (κ3) is 2.44. The summed E-state index contributed by atoms with van der Waals surface area (Å²) in [6.45, 7) is 4.83. The van der Waals surface area contributed by atoms with Crippen molar-refractivity contribution in [3.8, 4) is 0 Å². The monoisotopic (exact) mass is 278 g/mol. The van der Waals surface area contributed by atoms with E-state index < -0.39 is 6.10 Å². The molecule has 2 rings (SSSR count). The normalized spacial score (nSPS) is 30.1. The summed E-state index contributed by atoms with van der Waals surface area (Å²) in [4.78, 5) is 46.5. The zero-order valence-corrected chi connectivity index (χ0v) is 11.9. The summed E-state index contributed by atoms with van der Waals surface area (Å²) in [7, 11) is 0. The molecule has 1 aliphatic heterocycles. The molecule has 0 N–H and O–H groups in total. The van der Waals surface area contributed by atoms with Gasteiger partial charge in [0.15, 0.2) is 11.6 Å². The molecule has 5 heteroatoms. The summed E-state index contributed by atoms with van der Waals surface area (Å²) in [6.07, 6.45) is 0.0286. The van der Waals surface area contributed by atoms with Gasteiger partial charge < -0.3 is 9.53 Å². The molecule has 1 heterocycles. The van der Waals surface area contributed by atoms with Gasteiger partial charge in [0, 0.05) is 23.5 Å². The summed E-state index contributed by atoms with van der Waals surface area (Å²) in [5, 5.41) is 0. The van der Waals surface area contributed by atoms with Crippen LogP contribution in [-0.2, 0) is 23.9 Å². The number of carbonyl (C=O) groups is 4. The molecule has 0 saturated carbocycles. The Hall–Kier alpha value is -1.78. The lowest BCUT2D eigenvalue weighted by atomic mass is 9.83. The van der Waals surface area contributed by atoms with E-state index in [2.05, 4.69) is 0 Å². The van der Waals surface area contributed by atoms with Gasteiger partial charge >= 0.3 is 5.97 Å². The Balaban J connectivity index is 2.29. The van der Waals surface area contributed by atoms with Crippen LogP contribution in [0.2, 0.25) is 0 Å². The van der Waals surface area contributed by atoms with Crippen molar-refractivity contribution < 1.29 is 23.9 Å². The highest BCUT2D eigenvalue weighted by atomic mass is 16.6. The van der Waals surface area contributed by atoms with Crippen molar-refractivity contribution in [1.29, 1.82) is 0 Å². The van der Waals surface area contributed by atoms with E-state index in [1.54, 1.807) is 13.8 Å². The van der Waals surface area contributed by atoms with E-state index in [1.165, 1.54) is 6.92 Å². The van der Waals surface area contributed by atoms with Crippen LogP contribution >= 0.6 is 0 Å². The van der Waals surface area contributed by atoms with E-state index in [4.69, 9.17) is 4.74 Å². The topological polar surface area (TPSA) is 77.5 Å². The average Bonchev–Trinajstić information content (AvgIpc) is 2.76. The Kier molecular flexibility index (Phi) is 3.88. The van der Waals surface area contributed by atoms with Crippen molar-refractivity contribution in [2.24, 2.45) is 11.8 Å². The van der Waals surface area contributed by atoms with Gasteiger partial charge in [-0.05, 0) is 20.3 Å². The molecule has 0 amide bonds. The molecule has 1 fully saturated rings. The highest BCUT2D eigenvalue weighted by Gasteiger charge is 2.47. The van der Waals surface area contributed by atoms with Gasteiger partial charge in [-0.2, -0.15) is 0 Å². The second-order valence-corrected chi connectivity index (χ2v) is 5.61. The van der Waals surface area contributed by atoms with Crippen LogP contribution < -0.4 is 0 Å². The number of hydrogen-bond donors (Lipinski definition) is 0. The molecule has 2 aliphatic rings. The fourth-order valence-corrected chi connectivity index (χ4v) is 2.91. The van der Waals surface area contributed by atoms with E-state index in [0.717, 1.165) is 0 Å². The smallest absolute Gasteiger partial charge is 0.309 e. The van der Waals surface area contributed by atoms with Crippen LogP contribution in [0.15, 0.2) is 11.1 Å². The lowest BCUT2D eigenvalue weighted by Crippen LogP contribution is -2.25. The average molecular weight is 278 g/mol. The van der Waals surface area contributed by atoms with E-state index >= 15 is 0 Å². The van der Waals surface area contributed by atoms with Crippen LogP contribution in [-0.4, -0.2) is 29.4 Å². The second-order valence-electron chi connectivity index (χ2n) is 5.61. The van der Waals surface area contributed by atoms with E-state index in [-0.39, 0.29) is 41.6 Å². The zero-order chi connectivity index (χ0) is 15.0. The number of carbonyl (C=O) groups excluding carboxylic acids is 4. The minimum Gasteiger partial charge on any atom is -0.457 e. The Labute approximate surface area is 117 Å². The van der Waals surface area contributed by atoms with E-state index in [9.17, 15) is 19.2 Å². The number of ketones is 3. The lowest BCUT2D eigenvalue weighted by molar-refractivity contribution is -0.143. The summed E-state index contributed by atoms with van der Waals surface area (Å²) >= 11 is 0.